The molecule has 3 rings (SSSR count). The van der Waals surface area contributed by atoms with E-state index in [4.69, 9.17) is 0 Å². The Morgan fingerprint density at radius 2 is 2.21 bits per heavy atom. The van der Waals surface area contributed by atoms with Crippen molar-refractivity contribution >= 4 is 17.5 Å². The van der Waals surface area contributed by atoms with Gasteiger partial charge in [-0.3, -0.25) is 9.59 Å². The zero-order chi connectivity index (χ0) is 13.2. The van der Waals surface area contributed by atoms with Crippen LogP contribution in [0.25, 0.3) is 0 Å². The van der Waals surface area contributed by atoms with E-state index in [1.807, 2.05) is 0 Å². The Bertz CT molecular complexity index is 417. The Morgan fingerprint density at radius 3 is 2.89 bits per heavy atom. The monoisotopic (exact) mass is 264 g/mol. The summed E-state index contributed by atoms with van der Waals surface area (Å²) >= 11 is 0. The molecule has 2 heterocycles. The van der Waals surface area contributed by atoms with Gasteiger partial charge in [-0.05, 0) is 31.7 Å². The van der Waals surface area contributed by atoms with Gasteiger partial charge in [0.25, 0.3) is 5.91 Å². The predicted octanol–water partition coefficient (Wildman–Crippen LogP) is -0.147. The van der Waals surface area contributed by atoms with Crippen LogP contribution in [0.3, 0.4) is 0 Å². The summed E-state index contributed by atoms with van der Waals surface area (Å²) in [7, 11) is 0. The minimum absolute atomic E-state index is 0.118. The fourth-order valence-corrected chi connectivity index (χ4v) is 2.78. The molecular weight excluding hydrogens is 244 g/mol. The first kappa shape index (κ1) is 12.6. The molecule has 6 nitrogen and oxygen atoms in total. The van der Waals surface area contributed by atoms with E-state index in [9.17, 15) is 9.59 Å². The summed E-state index contributed by atoms with van der Waals surface area (Å²) in [6, 6.07) is 0.818. The van der Waals surface area contributed by atoms with Crippen molar-refractivity contribution in [3.8, 4) is 0 Å². The lowest BCUT2D eigenvalue weighted by Gasteiger charge is -2.16. The van der Waals surface area contributed by atoms with Crippen molar-refractivity contribution in [2.75, 3.05) is 19.6 Å². The second-order valence-corrected chi connectivity index (χ2v) is 5.68. The lowest BCUT2D eigenvalue weighted by molar-refractivity contribution is -0.121. The van der Waals surface area contributed by atoms with E-state index < -0.39 is 0 Å². The van der Waals surface area contributed by atoms with Crippen LogP contribution in [-0.4, -0.2) is 48.1 Å². The van der Waals surface area contributed by atoms with Gasteiger partial charge in [-0.25, -0.2) is 5.43 Å². The van der Waals surface area contributed by atoms with E-state index in [2.05, 4.69) is 20.7 Å². The van der Waals surface area contributed by atoms with Crippen LogP contribution in [0.4, 0.5) is 0 Å². The van der Waals surface area contributed by atoms with Crippen LogP contribution < -0.4 is 10.7 Å². The number of hydrogen-bond acceptors (Lipinski definition) is 4. The van der Waals surface area contributed by atoms with Gasteiger partial charge in [-0.15, -0.1) is 0 Å². The molecule has 0 aromatic carbocycles. The van der Waals surface area contributed by atoms with Crippen LogP contribution >= 0.6 is 0 Å². The number of amides is 2. The SMILES string of the molecule is O=C1CCC(C(=O)NC[C@@H]2CCN(C3CC3)C2)=NN1. The molecule has 0 bridgehead atoms. The fourth-order valence-electron chi connectivity index (χ4n) is 2.78. The summed E-state index contributed by atoms with van der Waals surface area (Å²) in [5.41, 5.74) is 2.79. The molecule has 1 aliphatic carbocycles. The average Bonchev–Trinajstić information content (AvgIpc) is 3.16. The molecule has 0 unspecified atom stereocenters. The normalized spacial score (nSPS) is 27.9. The molecule has 1 saturated heterocycles. The minimum Gasteiger partial charge on any atom is -0.351 e. The van der Waals surface area contributed by atoms with E-state index in [0.29, 0.717) is 24.5 Å². The molecule has 0 aromatic heterocycles. The van der Waals surface area contributed by atoms with Crippen LogP contribution in [0.5, 0.6) is 0 Å². The highest BCUT2D eigenvalue weighted by Gasteiger charge is 2.34. The van der Waals surface area contributed by atoms with Crippen LogP contribution in [0.1, 0.15) is 32.1 Å². The van der Waals surface area contributed by atoms with Crippen molar-refractivity contribution in [1.82, 2.24) is 15.6 Å². The first-order chi connectivity index (χ1) is 9.22. The minimum atomic E-state index is -0.134. The van der Waals surface area contributed by atoms with Crippen molar-refractivity contribution in [2.24, 2.45) is 11.0 Å². The van der Waals surface area contributed by atoms with Crippen molar-refractivity contribution in [1.29, 1.82) is 0 Å². The molecule has 104 valence electrons. The highest BCUT2D eigenvalue weighted by atomic mass is 16.2. The summed E-state index contributed by atoms with van der Waals surface area (Å²) in [5.74, 6) is 0.306. The molecule has 3 aliphatic rings. The number of hydrazone groups is 1. The Hall–Kier alpha value is -1.43. The Morgan fingerprint density at radius 1 is 1.37 bits per heavy atom. The third-order valence-electron chi connectivity index (χ3n) is 4.10. The summed E-state index contributed by atoms with van der Waals surface area (Å²) in [6.45, 7) is 2.99. The predicted molar refractivity (Wildman–Crippen MR) is 70.5 cm³/mol. The maximum Gasteiger partial charge on any atom is 0.267 e. The molecule has 2 fully saturated rings. The Labute approximate surface area is 112 Å². The van der Waals surface area contributed by atoms with Crippen LogP contribution in [-0.2, 0) is 9.59 Å². The van der Waals surface area contributed by atoms with Crippen LogP contribution in [0.2, 0.25) is 0 Å². The van der Waals surface area contributed by atoms with Gasteiger partial charge in [0.2, 0.25) is 5.91 Å². The lowest BCUT2D eigenvalue weighted by atomic mass is 10.1. The van der Waals surface area contributed by atoms with Crippen LogP contribution in [0.15, 0.2) is 5.10 Å². The zero-order valence-corrected chi connectivity index (χ0v) is 11.0. The van der Waals surface area contributed by atoms with Gasteiger partial charge in [0.15, 0.2) is 0 Å². The van der Waals surface area contributed by atoms with Gasteiger partial charge < -0.3 is 10.2 Å². The van der Waals surface area contributed by atoms with Gasteiger partial charge in [0, 0.05) is 32.0 Å². The van der Waals surface area contributed by atoms with Gasteiger partial charge in [0.1, 0.15) is 5.71 Å². The Balaban J connectivity index is 1.42. The third kappa shape index (κ3) is 3.12. The highest BCUT2D eigenvalue weighted by molar-refractivity contribution is 6.39. The second kappa shape index (κ2) is 5.28. The molecule has 2 amide bonds. The molecule has 2 N–H and O–H groups in total. The van der Waals surface area contributed by atoms with Gasteiger partial charge in [-0.2, -0.15) is 5.10 Å². The van der Waals surface area contributed by atoms with Crippen molar-refractivity contribution in [3.63, 3.8) is 0 Å². The lowest BCUT2D eigenvalue weighted by Crippen LogP contribution is -2.39. The zero-order valence-electron chi connectivity index (χ0n) is 11.0. The number of carbonyl (C=O) groups excluding carboxylic acids is 2. The van der Waals surface area contributed by atoms with Crippen molar-refractivity contribution < 1.29 is 9.59 Å². The van der Waals surface area contributed by atoms with E-state index in [-0.39, 0.29) is 11.8 Å². The molecule has 1 atom stereocenters. The van der Waals surface area contributed by atoms with E-state index in [1.54, 1.807) is 0 Å². The third-order valence-corrected chi connectivity index (χ3v) is 4.10. The van der Waals surface area contributed by atoms with Crippen LogP contribution in [0, 0.1) is 5.92 Å². The number of rotatable bonds is 4. The molecule has 0 radical (unpaired) electrons. The second-order valence-electron chi connectivity index (χ2n) is 5.68. The fraction of sp³-hybridized carbons (Fsp3) is 0.769. The van der Waals surface area contributed by atoms with Crippen molar-refractivity contribution in [3.05, 3.63) is 0 Å². The quantitative estimate of drug-likeness (QED) is 0.742. The highest BCUT2D eigenvalue weighted by Crippen LogP contribution is 2.31. The molecule has 6 heteroatoms. The number of nitrogens with one attached hydrogen (secondary N) is 2. The molecule has 1 saturated carbocycles. The number of nitrogens with zero attached hydrogens (tertiary/aromatic N) is 2. The first-order valence-electron chi connectivity index (χ1n) is 7.10. The summed E-state index contributed by atoms with van der Waals surface area (Å²) < 4.78 is 0. The first-order valence-corrected chi connectivity index (χ1v) is 7.10. The molecule has 0 spiro atoms. The van der Waals surface area contributed by atoms with Gasteiger partial charge in [-0.1, -0.05) is 0 Å². The number of carbonyl (C=O) groups is 2. The number of hydrogen-bond donors (Lipinski definition) is 2. The summed E-state index contributed by atoms with van der Waals surface area (Å²) in [5, 5.41) is 6.74. The van der Waals surface area contributed by atoms with E-state index in [1.165, 1.54) is 25.8 Å². The van der Waals surface area contributed by atoms with Crippen molar-refractivity contribution in [2.45, 2.75) is 38.1 Å². The Kier molecular flexibility index (Phi) is 3.50. The topological polar surface area (TPSA) is 73.8 Å². The number of likely N-dealkylation sites (tertiary alicyclic amines) is 1. The molecule has 2 aliphatic heterocycles. The summed E-state index contributed by atoms with van der Waals surface area (Å²) in [4.78, 5) is 25.4. The largest absolute Gasteiger partial charge is 0.351 e. The summed E-state index contributed by atoms with van der Waals surface area (Å²) in [6.07, 6.45) is 4.65. The van der Waals surface area contributed by atoms with E-state index in [0.717, 1.165) is 19.1 Å². The average molecular weight is 264 g/mol. The van der Waals surface area contributed by atoms with E-state index >= 15 is 0 Å². The van der Waals surface area contributed by atoms with Gasteiger partial charge in [0.05, 0.1) is 0 Å². The molecule has 0 aromatic rings. The molecule has 19 heavy (non-hydrogen) atoms. The smallest absolute Gasteiger partial charge is 0.267 e. The molecular formula is C13H20N4O2. The standard InChI is InChI=1S/C13H20N4O2/c18-12-4-3-11(15-16-12)13(19)14-7-9-5-6-17(8-9)10-1-2-10/h9-10H,1-8H2,(H,14,19)(H,16,18)/t9-/m0/s1. The maximum atomic E-state index is 11.9. The van der Waals surface area contributed by atoms with Gasteiger partial charge >= 0.3 is 0 Å². The maximum absolute atomic E-state index is 11.9.